The molecule has 1 fully saturated rings. The quantitative estimate of drug-likeness (QED) is 0.843. The van der Waals surface area contributed by atoms with Crippen LogP contribution in [0.3, 0.4) is 0 Å². The van der Waals surface area contributed by atoms with Crippen molar-refractivity contribution in [1.29, 1.82) is 0 Å². The Kier molecular flexibility index (Phi) is 6.27. The first-order chi connectivity index (χ1) is 12.6. The number of piperidine rings is 1. The maximum absolute atomic E-state index is 12.7. The van der Waals surface area contributed by atoms with Crippen LogP contribution in [-0.4, -0.2) is 54.4 Å². The second kappa shape index (κ2) is 8.64. The van der Waals surface area contributed by atoms with E-state index in [2.05, 4.69) is 45.5 Å². The number of thiazole rings is 1. The first-order valence-electron chi connectivity index (χ1n) is 9.23. The van der Waals surface area contributed by atoms with Crippen LogP contribution in [0.1, 0.15) is 33.8 Å². The number of benzene rings is 1. The predicted molar refractivity (Wildman–Crippen MR) is 108 cm³/mol. The number of rotatable bonds is 6. The molecule has 1 N–H and O–H groups in total. The molecule has 1 aliphatic rings. The molecule has 26 heavy (non-hydrogen) atoms. The number of carbonyl (C=O) groups is 1. The van der Waals surface area contributed by atoms with Gasteiger partial charge in [-0.05, 0) is 44.3 Å². The first kappa shape index (κ1) is 18.9. The van der Waals surface area contributed by atoms with Gasteiger partial charge >= 0.3 is 0 Å². The molecule has 1 amide bonds. The highest BCUT2D eigenvalue weighted by atomic mass is 32.1. The van der Waals surface area contributed by atoms with Crippen LogP contribution in [0.2, 0.25) is 0 Å². The van der Waals surface area contributed by atoms with Crippen LogP contribution < -0.4 is 5.32 Å². The zero-order valence-electron chi connectivity index (χ0n) is 15.9. The standard InChI is InChI=1S/C20H28N4OS/c1-15-18(26-20(21-2)22-15)19(25)23(3)13-17-9-11-24(12-10-17)14-16-7-5-4-6-8-16/h4-8,17H,9-14H2,1-3H3,(H,21,22). The van der Waals surface area contributed by atoms with Crippen molar-refractivity contribution in [3.05, 3.63) is 46.5 Å². The number of nitrogens with zero attached hydrogens (tertiary/aromatic N) is 3. The second-order valence-corrected chi connectivity index (χ2v) is 8.07. The summed E-state index contributed by atoms with van der Waals surface area (Å²) in [6.45, 7) is 5.95. The van der Waals surface area contributed by atoms with Crippen molar-refractivity contribution in [2.24, 2.45) is 5.92 Å². The van der Waals surface area contributed by atoms with E-state index in [9.17, 15) is 4.79 Å². The molecule has 1 aromatic carbocycles. The number of carbonyl (C=O) groups excluding carboxylic acids is 1. The van der Waals surface area contributed by atoms with Crippen LogP contribution >= 0.6 is 11.3 Å². The van der Waals surface area contributed by atoms with Gasteiger partial charge in [0.1, 0.15) is 4.88 Å². The topological polar surface area (TPSA) is 48.5 Å². The molecule has 1 aliphatic heterocycles. The fraction of sp³-hybridized carbons (Fsp3) is 0.500. The number of anilines is 1. The lowest BCUT2D eigenvalue weighted by molar-refractivity contribution is 0.0741. The molecule has 5 nitrogen and oxygen atoms in total. The molecule has 2 heterocycles. The van der Waals surface area contributed by atoms with E-state index in [1.807, 2.05) is 25.9 Å². The molecule has 0 aliphatic carbocycles. The van der Waals surface area contributed by atoms with Gasteiger partial charge in [-0.1, -0.05) is 41.7 Å². The predicted octanol–water partition coefficient (Wildman–Crippen LogP) is 3.48. The van der Waals surface area contributed by atoms with E-state index in [1.54, 1.807) is 0 Å². The summed E-state index contributed by atoms with van der Waals surface area (Å²) in [5.41, 5.74) is 2.19. The van der Waals surface area contributed by atoms with Gasteiger partial charge < -0.3 is 10.2 Å². The van der Waals surface area contributed by atoms with Crippen LogP contribution in [0.4, 0.5) is 5.13 Å². The average Bonchev–Trinajstić information content (AvgIpc) is 3.04. The van der Waals surface area contributed by atoms with E-state index in [0.717, 1.165) is 54.7 Å². The monoisotopic (exact) mass is 372 g/mol. The van der Waals surface area contributed by atoms with Gasteiger partial charge in [-0.2, -0.15) is 0 Å². The number of amides is 1. The molecule has 140 valence electrons. The highest BCUT2D eigenvalue weighted by molar-refractivity contribution is 7.17. The normalized spacial score (nSPS) is 15.8. The Balaban J connectivity index is 1.49. The summed E-state index contributed by atoms with van der Waals surface area (Å²) < 4.78 is 0. The van der Waals surface area contributed by atoms with Gasteiger partial charge in [0.2, 0.25) is 0 Å². The van der Waals surface area contributed by atoms with E-state index in [-0.39, 0.29) is 5.91 Å². The van der Waals surface area contributed by atoms with Gasteiger partial charge in [0.25, 0.3) is 5.91 Å². The van der Waals surface area contributed by atoms with Crippen molar-refractivity contribution in [1.82, 2.24) is 14.8 Å². The summed E-state index contributed by atoms with van der Waals surface area (Å²) in [6, 6.07) is 10.6. The van der Waals surface area contributed by atoms with Crippen LogP contribution in [0.25, 0.3) is 0 Å². The Hall–Kier alpha value is -1.92. The summed E-state index contributed by atoms with van der Waals surface area (Å²) in [5.74, 6) is 0.668. The molecular formula is C20H28N4OS. The van der Waals surface area contributed by atoms with E-state index in [0.29, 0.717) is 5.92 Å². The summed E-state index contributed by atoms with van der Waals surface area (Å²) in [6.07, 6.45) is 2.29. The number of aromatic nitrogens is 1. The molecule has 2 aromatic rings. The van der Waals surface area contributed by atoms with Crippen molar-refractivity contribution in [3.8, 4) is 0 Å². The molecule has 6 heteroatoms. The molecule has 0 unspecified atom stereocenters. The van der Waals surface area contributed by atoms with Crippen LogP contribution in [-0.2, 0) is 6.54 Å². The molecule has 0 bridgehead atoms. The lowest BCUT2D eigenvalue weighted by Crippen LogP contribution is -2.39. The highest BCUT2D eigenvalue weighted by Gasteiger charge is 2.24. The van der Waals surface area contributed by atoms with E-state index < -0.39 is 0 Å². The third kappa shape index (κ3) is 4.62. The Labute approximate surface area is 160 Å². The van der Waals surface area contributed by atoms with Crippen LogP contribution in [0.5, 0.6) is 0 Å². The molecule has 1 saturated heterocycles. The minimum Gasteiger partial charge on any atom is -0.365 e. The van der Waals surface area contributed by atoms with Gasteiger partial charge in [-0.25, -0.2) is 4.98 Å². The fourth-order valence-electron chi connectivity index (χ4n) is 3.51. The SMILES string of the molecule is CNc1nc(C)c(C(=O)N(C)CC2CCN(Cc3ccccc3)CC2)s1. The molecule has 0 radical (unpaired) electrons. The number of likely N-dealkylation sites (tertiary alicyclic amines) is 1. The third-order valence-electron chi connectivity index (χ3n) is 5.04. The van der Waals surface area contributed by atoms with Crippen molar-refractivity contribution >= 4 is 22.4 Å². The van der Waals surface area contributed by atoms with Crippen molar-refractivity contribution in [3.63, 3.8) is 0 Å². The minimum atomic E-state index is 0.0909. The van der Waals surface area contributed by atoms with Gasteiger partial charge in [-0.3, -0.25) is 9.69 Å². The molecule has 0 spiro atoms. The Bertz CT molecular complexity index is 723. The summed E-state index contributed by atoms with van der Waals surface area (Å²) >= 11 is 1.44. The maximum atomic E-state index is 12.7. The van der Waals surface area contributed by atoms with Gasteiger partial charge in [0.15, 0.2) is 5.13 Å². The molecule has 1 aromatic heterocycles. The molecule has 0 saturated carbocycles. The van der Waals surface area contributed by atoms with Crippen LogP contribution in [0.15, 0.2) is 30.3 Å². The van der Waals surface area contributed by atoms with Crippen LogP contribution in [0, 0.1) is 12.8 Å². The molecule has 0 atom stereocenters. The Morgan fingerprint density at radius 3 is 2.62 bits per heavy atom. The Morgan fingerprint density at radius 2 is 2.00 bits per heavy atom. The highest BCUT2D eigenvalue weighted by Crippen LogP contribution is 2.25. The van der Waals surface area contributed by atoms with Gasteiger partial charge in [0, 0.05) is 27.2 Å². The summed E-state index contributed by atoms with van der Waals surface area (Å²) in [4.78, 5) is 22.2. The first-order valence-corrected chi connectivity index (χ1v) is 10.1. The molecular weight excluding hydrogens is 344 g/mol. The Morgan fingerprint density at radius 1 is 1.31 bits per heavy atom. The number of aryl methyl sites for hydroxylation is 1. The second-order valence-electron chi connectivity index (χ2n) is 7.07. The smallest absolute Gasteiger partial charge is 0.265 e. The maximum Gasteiger partial charge on any atom is 0.265 e. The summed E-state index contributed by atoms with van der Waals surface area (Å²) in [7, 11) is 3.75. The lowest BCUT2D eigenvalue weighted by atomic mass is 9.96. The van der Waals surface area contributed by atoms with Crippen molar-refractivity contribution in [2.75, 3.05) is 39.0 Å². The van der Waals surface area contributed by atoms with E-state index >= 15 is 0 Å². The zero-order chi connectivity index (χ0) is 18.5. The number of nitrogens with one attached hydrogen (secondary N) is 1. The van der Waals surface area contributed by atoms with Gasteiger partial charge in [0.05, 0.1) is 5.69 Å². The number of hydrogen-bond donors (Lipinski definition) is 1. The lowest BCUT2D eigenvalue weighted by Gasteiger charge is -2.33. The van der Waals surface area contributed by atoms with Crippen molar-refractivity contribution in [2.45, 2.75) is 26.3 Å². The van der Waals surface area contributed by atoms with Crippen molar-refractivity contribution < 1.29 is 4.79 Å². The molecule has 3 rings (SSSR count). The van der Waals surface area contributed by atoms with E-state index in [4.69, 9.17) is 0 Å². The number of hydrogen-bond acceptors (Lipinski definition) is 5. The summed E-state index contributed by atoms with van der Waals surface area (Å²) in [5, 5.41) is 3.82. The average molecular weight is 373 g/mol. The van der Waals surface area contributed by atoms with E-state index in [1.165, 1.54) is 16.9 Å². The minimum absolute atomic E-state index is 0.0909. The van der Waals surface area contributed by atoms with Gasteiger partial charge in [-0.15, -0.1) is 0 Å². The zero-order valence-corrected chi connectivity index (χ0v) is 16.7. The fourth-order valence-corrected chi connectivity index (χ4v) is 4.43. The third-order valence-corrected chi connectivity index (χ3v) is 6.20. The largest absolute Gasteiger partial charge is 0.365 e.